The summed E-state index contributed by atoms with van der Waals surface area (Å²) >= 11 is 0. The lowest BCUT2D eigenvalue weighted by Gasteiger charge is -2.20. The molecular weight excluding hydrogens is 134 g/mol. The minimum absolute atomic E-state index is 0.164. The van der Waals surface area contributed by atoms with E-state index < -0.39 is 0 Å². The lowest BCUT2D eigenvalue weighted by atomic mass is 9.87. The Balaban J connectivity index is 3.06. The zero-order valence-electron chi connectivity index (χ0n) is 7.31. The monoisotopic (exact) mass is 148 g/mol. The van der Waals surface area contributed by atoms with Gasteiger partial charge in [-0.3, -0.25) is 0 Å². The Labute approximate surface area is 68.2 Å². The molecule has 0 atom stereocenters. The van der Waals surface area contributed by atoms with E-state index in [1.807, 2.05) is 12.1 Å². The first-order valence-electron chi connectivity index (χ1n) is 3.82. The average Bonchev–Trinajstić information content (AvgIpc) is 1.86. The van der Waals surface area contributed by atoms with E-state index in [0.29, 0.717) is 5.69 Å². The van der Waals surface area contributed by atoms with Gasteiger partial charge in [-0.05, 0) is 11.0 Å². The molecule has 0 aromatic heterocycles. The molecule has 1 rings (SSSR count). The average molecular weight is 148 g/mol. The fourth-order valence-electron chi connectivity index (χ4n) is 0.986. The molecule has 0 aliphatic rings. The van der Waals surface area contributed by atoms with Crippen LogP contribution in [0.2, 0.25) is 0 Å². The molecule has 0 spiro atoms. The highest BCUT2D eigenvalue weighted by atomic mass is 14.5. The van der Waals surface area contributed by atoms with E-state index in [1.54, 1.807) is 6.07 Å². The van der Waals surface area contributed by atoms with E-state index in [0.717, 1.165) is 0 Å². The molecule has 0 heterocycles. The number of hydrogen-bond donors (Lipinski definition) is 0. The molecule has 1 N–H and O–H groups in total. The van der Waals surface area contributed by atoms with Crippen molar-refractivity contribution in [3.63, 3.8) is 0 Å². The molecule has 0 aliphatic heterocycles. The summed E-state index contributed by atoms with van der Waals surface area (Å²) in [5, 5.41) is 0. The maximum atomic E-state index is 7.42. The van der Waals surface area contributed by atoms with Crippen LogP contribution in [-0.4, -0.2) is 0 Å². The van der Waals surface area contributed by atoms with Crippen molar-refractivity contribution in [2.75, 3.05) is 0 Å². The van der Waals surface area contributed by atoms with Crippen molar-refractivity contribution in [1.82, 2.24) is 0 Å². The number of hydrogen-bond acceptors (Lipinski definition) is 0. The van der Waals surface area contributed by atoms with Gasteiger partial charge in [-0.25, -0.2) is 0 Å². The van der Waals surface area contributed by atoms with Crippen molar-refractivity contribution in [3.8, 4) is 0 Å². The second kappa shape index (κ2) is 2.57. The second-order valence-corrected chi connectivity index (χ2v) is 3.83. The molecule has 1 aromatic rings. The zero-order chi connectivity index (χ0) is 8.48. The predicted octanol–water partition coefficient (Wildman–Crippen LogP) is 3.67. The van der Waals surface area contributed by atoms with Crippen molar-refractivity contribution in [2.24, 2.45) is 0 Å². The molecule has 1 heteroatoms. The number of nitrogens with one attached hydrogen (secondary N) is 1. The molecule has 0 amide bonds. The molecular formula is C10H14N-. The Bertz CT molecular complexity index is 245. The minimum Gasteiger partial charge on any atom is -0.699 e. The van der Waals surface area contributed by atoms with Crippen LogP contribution in [0.15, 0.2) is 24.3 Å². The van der Waals surface area contributed by atoms with Crippen LogP contribution >= 0.6 is 0 Å². The van der Waals surface area contributed by atoms with Gasteiger partial charge in [-0.1, -0.05) is 45.0 Å². The van der Waals surface area contributed by atoms with Crippen LogP contribution in [0.5, 0.6) is 0 Å². The largest absolute Gasteiger partial charge is 0.699 e. The van der Waals surface area contributed by atoms with Crippen molar-refractivity contribution >= 4 is 5.69 Å². The summed E-state index contributed by atoms with van der Waals surface area (Å²) in [6.45, 7) is 6.46. The van der Waals surface area contributed by atoms with Crippen molar-refractivity contribution in [2.45, 2.75) is 26.2 Å². The Hall–Kier alpha value is -0.980. The van der Waals surface area contributed by atoms with Gasteiger partial charge in [0.15, 0.2) is 0 Å². The maximum absolute atomic E-state index is 7.42. The molecule has 1 nitrogen and oxygen atoms in total. The van der Waals surface area contributed by atoms with Gasteiger partial charge < -0.3 is 5.73 Å². The van der Waals surface area contributed by atoms with Crippen molar-refractivity contribution in [1.29, 1.82) is 0 Å². The molecule has 1 aromatic carbocycles. The van der Waals surface area contributed by atoms with E-state index in [1.165, 1.54) is 5.56 Å². The van der Waals surface area contributed by atoms with Gasteiger partial charge in [-0.2, -0.15) is 0 Å². The summed E-state index contributed by atoms with van der Waals surface area (Å²) in [4.78, 5) is 0. The topological polar surface area (TPSA) is 23.8 Å². The number of benzene rings is 1. The van der Waals surface area contributed by atoms with Crippen LogP contribution in [0.3, 0.4) is 0 Å². The maximum Gasteiger partial charge on any atom is -0.0132 e. The van der Waals surface area contributed by atoms with Crippen LogP contribution in [0, 0.1) is 0 Å². The standard InChI is InChI=1S/C10H14N/c1-10(2,3)8-5-4-6-9(11)7-8/h4-7,11H,1-3H3/q-1. The molecule has 0 saturated heterocycles. The summed E-state index contributed by atoms with van der Waals surface area (Å²) in [7, 11) is 0. The van der Waals surface area contributed by atoms with Gasteiger partial charge in [0.1, 0.15) is 0 Å². The molecule has 60 valence electrons. The highest BCUT2D eigenvalue weighted by molar-refractivity contribution is 5.46. The fourth-order valence-corrected chi connectivity index (χ4v) is 0.986. The van der Waals surface area contributed by atoms with E-state index >= 15 is 0 Å². The highest BCUT2D eigenvalue weighted by Gasteiger charge is 2.11. The van der Waals surface area contributed by atoms with Crippen LogP contribution in [0.1, 0.15) is 26.3 Å². The molecule has 0 saturated carbocycles. The highest BCUT2D eigenvalue weighted by Crippen LogP contribution is 2.24. The molecule has 11 heavy (non-hydrogen) atoms. The van der Waals surface area contributed by atoms with Crippen molar-refractivity contribution in [3.05, 3.63) is 35.6 Å². The van der Waals surface area contributed by atoms with Crippen LogP contribution in [-0.2, 0) is 5.41 Å². The van der Waals surface area contributed by atoms with Gasteiger partial charge in [0, 0.05) is 0 Å². The summed E-state index contributed by atoms with van der Waals surface area (Å²) in [5.74, 6) is 0. The van der Waals surface area contributed by atoms with Gasteiger partial charge in [-0.15, -0.1) is 5.69 Å². The lowest BCUT2D eigenvalue weighted by molar-refractivity contribution is 0.590. The van der Waals surface area contributed by atoms with E-state index in [2.05, 4.69) is 26.8 Å². The zero-order valence-corrected chi connectivity index (χ0v) is 7.31. The summed E-state index contributed by atoms with van der Waals surface area (Å²) in [6, 6.07) is 7.72. The van der Waals surface area contributed by atoms with Crippen LogP contribution in [0.4, 0.5) is 5.69 Å². The third-order valence-corrected chi connectivity index (χ3v) is 1.73. The Morgan fingerprint density at radius 1 is 1.18 bits per heavy atom. The minimum atomic E-state index is 0.164. The smallest absolute Gasteiger partial charge is 0.0132 e. The van der Waals surface area contributed by atoms with Gasteiger partial charge in [0.25, 0.3) is 0 Å². The van der Waals surface area contributed by atoms with E-state index in [9.17, 15) is 0 Å². The van der Waals surface area contributed by atoms with Gasteiger partial charge in [0.2, 0.25) is 0 Å². The quantitative estimate of drug-likeness (QED) is 0.536. The van der Waals surface area contributed by atoms with Gasteiger partial charge in [0.05, 0.1) is 0 Å². The summed E-state index contributed by atoms with van der Waals surface area (Å²) in [6.07, 6.45) is 0. The molecule has 0 radical (unpaired) electrons. The van der Waals surface area contributed by atoms with Crippen LogP contribution < -0.4 is 0 Å². The van der Waals surface area contributed by atoms with Gasteiger partial charge >= 0.3 is 0 Å². The van der Waals surface area contributed by atoms with E-state index in [4.69, 9.17) is 5.73 Å². The van der Waals surface area contributed by atoms with Crippen LogP contribution in [0.25, 0.3) is 5.73 Å². The Morgan fingerprint density at radius 2 is 1.82 bits per heavy atom. The molecule has 0 fully saturated rings. The van der Waals surface area contributed by atoms with E-state index in [-0.39, 0.29) is 5.41 Å². The molecule has 0 unspecified atom stereocenters. The lowest BCUT2D eigenvalue weighted by Crippen LogP contribution is -2.10. The molecule has 0 aliphatic carbocycles. The third kappa shape index (κ3) is 1.97. The summed E-state index contributed by atoms with van der Waals surface area (Å²) in [5.41, 5.74) is 9.40. The molecule has 0 bridgehead atoms. The third-order valence-electron chi connectivity index (χ3n) is 1.73. The number of rotatable bonds is 0. The summed E-state index contributed by atoms with van der Waals surface area (Å²) < 4.78 is 0. The second-order valence-electron chi connectivity index (χ2n) is 3.83. The Morgan fingerprint density at radius 3 is 2.18 bits per heavy atom. The SMILES string of the molecule is CC(C)(C)c1cccc([NH-])c1. The first-order valence-corrected chi connectivity index (χ1v) is 3.82. The van der Waals surface area contributed by atoms with Crippen molar-refractivity contribution < 1.29 is 0 Å². The Kier molecular flexibility index (Phi) is 1.90. The normalized spacial score (nSPS) is 11.5. The first kappa shape index (κ1) is 8.12. The fraction of sp³-hybridized carbons (Fsp3) is 0.400. The first-order chi connectivity index (χ1) is 5.00. The predicted molar refractivity (Wildman–Crippen MR) is 49.1 cm³/mol.